The van der Waals surface area contributed by atoms with Gasteiger partial charge in [0, 0.05) is 87.0 Å². The van der Waals surface area contributed by atoms with Crippen molar-refractivity contribution in [3.05, 3.63) is 160 Å². The molecule has 2 atom stereocenters. The van der Waals surface area contributed by atoms with Crippen LogP contribution in [0.4, 0.5) is 5.69 Å². The van der Waals surface area contributed by atoms with Crippen molar-refractivity contribution in [3.8, 4) is 11.1 Å². The van der Waals surface area contributed by atoms with Crippen molar-refractivity contribution in [1.29, 1.82) is 0 Å². The van der Waals surface area contributed by atoms with Crippen molar-refractivity contribution in [2.24, 2.45) is 33.7 Å². The van der Waals surface area contributed by atoms with Crippen molar-refractivity contribution in [2.75, 3.05) is 50.9 Å². The molecule has 1 aromatic heterocycles. The first-order chi connectivity index (χ1) is 31.2. The van der Waals surface area contributed by atoms with E-state index in [0.29, 0.717) is 5.57 Å². The van der Waals surface area contributed by atoms with Crippen molar-refractivity contribution in [3.63, 3.8) is 0 Å². The smallest absolute Gasteiger partial charge is 0.329 e. The second-order valence-corrected chi connectivity index (χ2v) is 17.7. The molecule has 65 heavy (non-hydrogen) atoms. The van der Waals surface area contributed by atoms with Crippen LogP contribution in [0.5, 0.6) is 0 Å². The van der Waals surface area contributed by atoms with Crippen molar-refractivity contribution < 1.29 is 4.79 Å². The molecule has 1 aliphatic carbocycles. The van der Waals surface area contributed by atoms with E-state index in [1.54, 1.807) is 30.3 Å². The van der Waals surface area contributed by atoms with Crippen LogP contribution in [0, 0.1) is 5.92 Å². The van der Waals surface area contributed by atoms with Gasteiger partial charge in [0.25, 0.3) is 0 Å². The highest BCUT2D eigenvalue weighted by Crippen LogP contribution is 2.30. The molecule has 1 aliphatic heterocycles. The molecule has 10 nitrogen and oxygen atoms in total. The summed E-state index contributed by atoms with van der Waals surface area (Å²) in [6, 6.07) is 15.1. The number of carbonyl (C=O) groups excluding carboxylic acids is 1. The largest absolute Gasteiger partial charge is 0.369 e. The summed E-state index contributed by atoms with van der Waals surface area (Å²) in [6.45, 7) is 24.6. The zero-order chi connectivity index (χ0) is 47.2. The van der Waals surface area contributed by atoms with E-state index < -0.39 is 5.91 Å². The summed E-state index contributed by atoms with van der Waals surface area (Å²) < 4.78 is 3.61. The van der Waals surface area contributed by atoms with Gasteiger partial charge < -0.3 is 10.6 Å². The monoisotopic (exact) mass is 893 g/mol. The van der Waals surface area contributed by atoms with Crippen LogP contribution >= 0.6 is 11.8 Å². The lowest BCUT2D eigenvalue weighted by atomic mass is 9.87. The van der Waals surface area contributed by atoms with Crippen LogP contribution in [0.1, 0.15) is 66.8 Å². The molecule has 2 aliphatic rings. The number of anilines is 1. The van der Waals surface area contributed by atoms with Gasteiger partial charge >= 0.3 is 5.69 Å². The summed E-state index contributed by atoms with van der Waals surface area (Å²) in [7, 11) is 3.64. The molecule has 1 fully saturated rings. The standard InChI is InChI=1S/C54H68N8O2S/c1-12-28-57-40(7)48(26-15-38(5)49(56-9)34-52(65-11)41(8)58-35-39(6)53(55)63)44-18-16-42(17-19-44)36-60-29-31-61(32-30-60)47-24-20-43(21-25-47)45-22-27-50-51(33-45)59(10)54(64)62(50)46(13-2)23-14-37(3)4/h12-13,15-18,20-22,24-28,33-35,44,46H,2-3,14,19,23,29-32,36H2,1,4-11H3,(H2,55,63)/b28-12-,38-15+,39-35+,48-26+,52-34+,56-49?,57-40-,58-41-. The average Bonchev–Trinajstić information content (AvgIpc) is 3.56. The molecule has 11 heteroatoms. The molecule has 1 saturated heterocycles. The Hall–Kier alpha value is -6.04. The molecule has 1 amide bonds. The Balaban J connectivity index is 1.21. The van der Waals surface area contributed by atoms with Crippen molar-refractivity contribution >= 4 is 51.5 Å². The van der Waals surface area contributed by atoms with E-state index in [1.165, 1.54) is 23.0 Å². The number of carbonyl (C=O) groups is 1. The van der Waals surface area contributed by atoms with E-state index in [1.807, 2.05) is 63.1 Å². The lowest BCUT2D eigenvalue weighted by Crippen LogP contribution is -2.46. The molecule has 3 aromatic rings. The first-order valence-corrected chi connectivity index (χ1v) is 23.6. The SMILES string of the molecule is C=CC(CCC(=C)C)n1c(=O)n(C)c2cc(-c3ccc(N4CCN(CC5=CCC(C(=C/C=C(\C)C(\C=C(SC)/C(C)=N\C=C(/C)C(N)=O)=NC)/C(C)=N\C=C/C)C=C5)CC4)cc3)ccc21. The molecule has 2 unspecified atom stereocenters. The van der Waals surface area contributed by atoms with Crippen LogP contribution in [-0.4, -0.2) is 83.1 Å². The minimum atomic E-state index is -0.488. The maximum absolute atomic E-state index is 13.4. The van der Waals surface area contributed by atoms with Gasteiger partial charge in [-0.2, -0.15) is 0 Å². The minimum Gasteiger partial charge on any atom is -0.369 e. The number of thioether (sulfide) groups is 1. The second kappa shape index (κ2) is 23.8. The highest BCUT2D eigenvalue weighted by atomic mass is 32.2. The summed E-state index contributed by atoms with van der Waals surface area (Å²) in [5.41, 5.74) is 18.3. The molecule has 2 aromatic carbocycles. The maximum Gasteiger partial charge on any atom is 0.329 e. The Morgan fingerprint density at radius 1 is 0.954 bits per heavy atom. The fourth-order valence-corrected chi connectivity index (χ4v) is 8.67. The van der Waals surface area contributed by atoms with E-state index in [0.717, 1.165) is 107 Å². The fourth-order valence-electron chi connectivity index (χ4n) is 8.09. The Morgan fingerprint density at radius 2 is 1.66 bits per heavy atom. The van der Waals surface area contributed by atoms with Gasteiger partial charge in [-0.05, 0) is 125 Å². The van der Waals surface area contributed by atoms with Crippen LogP contribution in [0.25, 0.3) is 22.2 Å². The van der Waals surface area contributed by atoms with E-state index in [9.17, 15) is 9.59 Å². The van der Waals surface area contributed by atoms with Gasteiger partial charge in [-0.25, -0.2) is 4.79 Å². The van der Waals surface area contributed by atoms with Gasteiger partial charge in [0.1, 0.15) is 0 Å². The number of rotatable bonds is 19. The normalized spacial score (nSPS) is 18.2. The minimum absolute atomic E-state index is 0.0281. The molecule has 0 spiro atoms. The third-order valence-corrected chi connectivity index (χ3v) is 13.0. The number of hydrogen-bond donors (Lipinski definition) is 1. The third kappa shape index (κ3) is 13.0. The number of amides is 1. The van der Waals surface area contributed by atoms with Crippen LogP contribution in [0.15, 0.2) is 169 Å². The van der Waals surface area contributed by atoms with Crippen molar-refractivity contribution in [2.45, 2.75) is 66.8 Å². The number of hydrogen-bond acceptors (Lipinski definition) is 8. The van der Waals surface area contributed by atoms with Crippen LogP contribution in [0.3, 0.4) is 0 Å². The van der Waals surface area contributed by atoms with Gasteiger partial charge in [-0.15, -0.1) is 24.9 Å². The van der Waals surface area contributed by atoms with E-state index in [4.69, 9.17) is 10.7 Å². The number of nitrogens with two attached hydrogens (primary N) is 1. The number of fused-ring (bicyclic) bond motifs is 1. The number of primary amides is 1. The molecule has 2 N–H and O–H groups in total. The maximum atomic E-state index is 13.4. The van der Waals surface area contributed by atoms with Crippen LogP contribution in [0.2, 0.25) is 0 Å². The van der Waals surface area contributed by atoms with E-state index >= 15 is 0 Å². The van der Waals surface area contributed by atoms with Gasteiger partial charge in [0.2, 0.25) is 5.91 Å². The summed E-state index contributed by atoms with van der Waals surface area (Å²) in [5.74, 6) is -0.292. The van der Waals surface area contributed by atoms with E-state index in [2.05, 4.69) is 120 Å². The quantitative estimate of drug-likeness (QED) is 0.0557. The molecule has 342 valence electrons. The predicted molar refractivity (Wildman–Crippen MR) is 281 cm³/mol. The number of aromatic nitrogens is 2. The lowest BCUT2D eigenvalue weighted by Gasteiger charge is -2.36. The zero-order valence-corrected chi connectivity index (χ0v) is 40.8. The molecule has 0 bridgehead atoms. The first kappa shape index (κ1) is 50.0. The highest BCUT2D eigenvalue weighted by Gasteiger charge is 2.22. The molecule has 2 heterocycles. The lowest BCUT2D eigenvalue weighted by molar-refractivity contribution is -0.114. The van der Waals surface area contributed by atoms with Gasteiger partial charge in [-0.1, -0.05) is 66.3 Å². The molecular weight excluding hydrogens is 825 g/mol. The number of allylic oxidation sites excluding steroid dienone is 11. The average molecular weight is 893 g/mol. The Kier molecular flexibility index (Phi) is 18.3. The molecule has 5 rings (SSSR count). The summed E-state index contributed by atoms with van der Waals surface area (Å²) >= 11 is 1.58. The summed E-state index contributed by atoms with van der Waals surface area (Å²) in [5, 5.41) is 0. The fraction of sp³-hybridized carbons (Fsp3) is 0.352. The number of aryl methyl sites for hydroxylation is 1. The molecule has 0 radical (unpaired) electrons. The Morgan fingerprint density at radius 3 is 2.26 bits per heavy atom. The topological polar surface area (TPSA) is 114 Å². The number of nitrogens with zero attached hydrogens (tertiary/aromatic N) is 7. The highest BCUT2D eigenvalue weighted by molar-refractivity contribution is 8.03. The van der Waals surface area contributed by atoms with Gasteiger partial charge in [-0.3, -0.25) is 33.8 Å². The van der Waals surface area contributed by atoms with E-state index in [-0.39, 0.29) is 17.6 Å². The third-order valence-electron chi connectivity index (χ3n) is 12.2. The first-order valence-electron chi connectivity index (χ1n) is 22.4. The number of benzene rings is 2. The van der Waals surface area contributed by atoms with Gasteiger partial charge in [0.15, 0.2) is 0 Å². The number of imidazole rings is 1. The zero-order valence-electron chi connectivity index (χ0n) is 40.0. The van der Waals surface area contributed by atoms with Gasteiger partial charge in [0.05, 0.1) is 28.5 Å². The van der Waals surface area contributed by atoms with Crippen molar-refractivity contribution in [1.82, 2.24) is 14.0 Å². The summed E-state index contributed by atoms with van der Waals surface area (Å²) in [6.07, 6.45) is 25.1. The number of piperazine rings is 1. The van der Waals surface area contributed by atoms with Crippen LogP contribution < -0.4 is 16.3 Å². The molecule has 0 saturated carbocycles. The number of aliphatic imine (C=N–C) groups is 3. The van der Waals surface area contributed by atoms with Crippen LogP contribution in [-0.2, 0) is 11.8 Å². The Bertz CT molecular complexity index is 2610. The summed E-state index contributed by atoms with van der Waals surface area (Å²) in [4.78, 5) is 44.6. The predicted octanol–water partition coefficient (Wildman–Crippen LogP) is 10.7. The Labute approximate surface area is 391 Å². The second-order valence-electron chi connectivity index (χ2n) is 16.9. The molecular formula is C54H68N8O2S.